The van der Waals surface area contributed by atoms with Crippen molar-refractivity contribution >= 4 is 0 Å². The molecular formula is C8H14F2N2. The van der Waals surface area contributed by atoms with Gasteiger partial charge < -0.3 is 10.2 Å². The fourth-order valence-corrected chi connectivity index (χ4v) is 2.56. The van der Waals surface area contributed by atoms with Crippen LogP contribution in [0.1, 0.15) is 0 Å². The summed E-state index contributed by atoms with van der Waals surface area (Å²) in [5, 5.41) is 3.06. The first-order chi connectivity index (χ1) is 5.64. The molecule has 1 unspecified atom stereocenters. The molecule has 2 saturated heterocycles. The SMILES string of the molecule is CN1CC2(CNCC2C(F)F)C1. The van der Waals surface area contributed by atoms with E-state index in [1.807, 2.05) is 7.05 Å². The lowest BCUT2D eigenvalue weighted by atomic mass is 9.72. The monoisotopic (exact) mass is 176 g/mol. The molecule has 4 heteroatoms. The van der Waals surface area contributed by atoms with Crippen molar-refractivity contribution in [1.82, 2.24) is 10.2 Å². The number of hydrogen-bond acceptors (Lipinski definition) is 2. The normalized spacial score (nSPS) is 34.5. The van der Waals surface area contributed by atoms with Crippen LogP contribution in [0.25, 0.3) is 0 Å². The molecule has 0 aromatic rings. The molecular weight excluding hydrogens is 162 g/mol. The third-order valence-electron chi connectivity index (χ3n) is 3.10. The summed E-state index contributed by atoms with van der Waals surface area (Å²) < 4.78 is 25.0. The van der Waals surface area contributed by atoms with Gasteiger partial charge in [0, 0.05) is 37.5 Å². The molecule has 1 atom stereocenters. The summed E-state index contributed by atoms with van der Waals surface area (Å²) in [6, 6.07) is 0. The van der Waals surface area contributed by atoms with Gasteiger partial charge in [0.05, 0.1) is 0 Å². The lowest BCUT2D eigenvalue weighted by Gasteiger charge is -2.49. The van der Waals surface area contributed by atoms with E-state index in [2.05, 4.69) is 10.2 Å². The summed E-state index contributed by atoms with van der Waals surface area (Å²) in [6.45, 7) is 2.92. The van der Waals surface area contributed by atoms with Crippen molar-refractivity contribution < 1.29 is 8.78 Å². The predicted molar refractivity (Wildman–Crippen MR) is 42.3 cm³/mol. The minimum Gasteiger partial charge on any atom is -0.316 e. The van der Waals surface area contributed by atoms with Gasteiger partial charge in [-0.25, -0.2) is 8.78 Å². The molecule has 0 amide bonds. The number of hydrogen-bond donors (Lipinski definition) is 1. The molecule has 0 saturated carbocycles. The van der Waals surface area contributed by atoms with Crippen LogP contribution in [0.5, 0.6) is 0 Å². The molecule has 70 valence electrons. The van der Waals surface area contributed by atoms with Crippen molar-refractivity contribution in [3.63, 3.8) is 0 Å². The van der Waals surface area contributed by atoms with Crippen molar-refractivity contribution in [2.24, 2.45) is 11.3 Å². The highest BCUT2D eigenvalue weighted by Crippen LogP contribution is 2.42. The van der Waals surface area contributed by atoms with Crippen LogP contribution in [-0.2, 0) is 0 Å². The average molecular weight is 176 g/mol. The molecule has 0 aromatic heterocycles. The van der Waals surface area contributed by atoms with Gasteiger partial charge in [0.1, 0.15) is 0 Å². The largest absolute Gasteiger partial charge is 0.316 e. The highest BCUT2D eigenvalue weighted by Gasteiger charge is 2.53. The maximum atomic E-state index is 12.5. The first-order valence-electron chi connectivity index (χ1n) is 4.31. The second kappa shape index (κ2) is 2.64. The van der Waals surface area contributed by atoms with E-state index in [-0.39, 0.29) is 5.41 Å². The molecule has 12 heavy (non-hydrogen) atoms. The molecule has 0 aliphatic carbocycles. The minimum absolute atomic E-state index is 0.108. The van der Waals surface area contributed by atoms with E-state index in [0.717, 1.165) is 19.6 Å². The number of rotatable bonds is 1. The van der Waals surface area contributed by atoms with Gasteiger partial charge in [0.2, 0.25) is 6.43 Å². The van der Waals surface area contributed by atoms with E-state index in [0.29, 0.717) is 6.54 Å². The van der Waals surface area contributed by atoms with Gasteiger partial charge in [-0.2, -0.15) is 0 Å². The van der Waals surface area contributed by atoms with Gasteiger partial charge in [-0.1, -0.05) is 0 Å². The van der Waals surface area contributed by atoms with Crippen LogP contribution < -0.4 is 5.32 Å². The smallest absolute Gasteiger partial charge is 0.243 e. The van der Waals surface area contributed by atoms with Crippen molar-refractivity contribution in [2.75, 3.05) is 33.2 Å². The summed E-state index contributed by atoms with van der Waals surface area (Å²) in [5.74, 6) is -0.423. The van der Waals surface area contributed by atoms with Gasteiger partial charge in [0.15, 0.2) is 0 Å². The number of likely N-dealkylation sites (tertiary alicyclic amines) is 1. The van der Waals surface area contributed by atoms with Crippen LogP contribution in [0, 0.1) is 11.3 Å². The first kappa shape index (κ1) is 8.38. The maximum Gasteiger partial charge on any atom is 0.243 e. The van der Waals surface area contributed by atoms with Crippen molar-refractivity contribution in [3.05, 3.63) is 0 Å². The van der Waals surface area contributed by atoms with Crippen molar-refractivity contribution in [3.8, 4) is 0 Å². The van der Waals surface area contributed by atoms with E-state index >= 15 is 0 Å². The van der Waals surface area contributed by atoms with Gasteiger partial charge in [-0.3, -0.25) is 0 Å². The van der Waals surface area contributed by atoms with Crippen LogP contribution in [0.2, 0.25) is 0 Å². The standard InChI is InChI=1S/C8H14F2N2/c1-12-4-8(5-12)3-11-2-6(8)7(9)10/h6-7,11H,2-5H2,1H3. The Morgan fingerprint density at radius 1 is 1.50 bits per heavy atom. The zero-order chi connectivity index (χ0) is 8.77. The predicted octanol–water partition coefficient (Wildman–Crippen LogP) is 0.403. The van der Waals surface area contributed by atoms with Crippen LogP contribution in [0.4, 0.5) is 8.78 Å². The quantitative estimate of drug-likeness (QED) is 0.622. The van der Waals surface area contributed by atoms with E-state index in [9.17, 15) is 8.78 Å². The van der Waals surface area contributed by atoms with Crippen molar-refractivity contribution in [2.45, 2.75) is 6.43 Å². The Morgan fingerprint density at radius 3 is 2.67 bits per heavy atom. The van der Waals surface area contributed by atoms with E-state index in [4.69, 9.17) is 0 Å². The summed E-state index contributed by atoms with van der Waals surface area (Å²) in [6.07, 6.45) is -2.16. The van der Waals surface area contributed by atoms with Crippen LogP contribution in [0.3, 0.4) is 0 Å². The lowest BCUT2D eigenvalue weighted by molar-refractivity contribution is -0.0604. The number of alkyl halides is 2. The maximum absolute atomic E-state index is 12.5. The second-order valence-electron chi connectivity index (χ2n) is 4.11. The van der Waals surface area contributed by atoms with E-state index in [1.165, 1.54) is 0 Å². The van der Waals surface area contributed by atoms with E-state index in [1.54, 1.807) is 0 Å². The Kier molecular flexibility index (Phi) is 1.84. The second-order valence-corrected chi connectivity index (χ2v) is 4.11. The molecule has 0 radical (unpaired) electrons. The minimum atomic E-state index is -2.16. The van der Waals surface area contributed by atoms with Gasteiger partial charge in [-0.15, -0.1) is 0 Å². The van der Waals surface area contributed by atoms with E-state index < -0.39 is 12.3 Å². The summed E-state index contributed by atoms with van der Waals surface area (Å²) in [4.78, 5) is 2.10. The third kappa shape index (κ3) is 1.05. The number of nitrogens with zero attached hydrogens (tertiary/aromatic N) is 1. The Labute approximate surface area is 70.9 Å². The molecule has 2 nitrogen and oxygen atoms in total. The van der Waals surface area contributed by atoms with Crippen LogP contribution in [0.15, 0.2) is 0 Å². The summed E-state index contributed by atoms with van der Waals surface area (Å²) >= 11 is 0. The molecule has 2 fully saturated rings. The summed E-state index contributed by atoms with van der Waals surface area (Å²) in [5.41, 5.74) is -0.108. The first-order valence-corrected chi connectivity index (χ1v) is 4.31. The van der Waals surface area contributed by atoms with Crippen LogP contribution in [-0.4, -0.2) is 44.6 Å². The van der Waals surface area contributed by atoms with Crippen LogP contribution >= 0.6 is 0 Å². The van der Waals surface area contributed by atoms with Gasteiger partial charge in [-0.05, 0) is 7.05 Å². The fraction of sp³-hybridized carbons (Fsp3) is 1.00. The molecule has 0 aromatic carbocycles. The third-order valence-corrected chi connectivity index (χ3v) is 3.10. The van der Waals surface area contributed by atoms with Crippen molar-refractivity contribution in [1.29, 1.82) is 0 Å². The zero-order valence-corrected chi connectivity index (χ0v) is 7.19. The Hall–Kier alpha value is -0.220. The highest BCUT2D eigenvalue weighted by atomic mass is 19.3. The lowest BCUT2D eigenvalue weighted by Crippen LogP contribution is -2.59. The molecule has 2 aliphatic rings. The number of nitrogens with one attached hydrogen (secondary N) is 1. The summed E-state index contributed by atoms with van der Waals surface area (Å²) in [7, 11) is 1.98. The molecule has 2 aliphatic heterocycles. The highest BCUT2D eigenvalue weighted by molar-refractivity contribution is 5.04. The Balaban J connectivity index is 2.05. The molecule has 1 N–H and O–H groups in total. The van der Waals surface area contributed by atoms with Gasteiger partial charge >= 0.3 is 0 Å². The average Bonchev–Trinajstić information content (AvgIpc) is 2.30. The number of halogens is 2. The Bertz CT molecular complexity index is 178. The Morgan fingerprint density at radius 2 is 2.17 bits per heavy atom. The topological polar surface area (TPSA) is 15.3 Å². The molecule has 2 heterocycles. The molecule has 2 rings (SSSR count). The van der Waals surface area contributed by atoms with Gasteiger partial charge in [0.25, 0.3) is 0 Å². The fourth-order valence-electron chi connectivity index (χ4n) is 2.56. The molecule has 1 spiro atoms. The molecule has 0 bridgehead atoms. The zero-order valence-electron chi connectivity index (χ0n) is 7.19.